The fraction of sp³-hybridized carbons (Fsp3) is 0.154. The molecule has 1 unspecified atom stereocenters. The molecule has 2 amide bonds. The lowest BCUT2D eigenvalue weighted by atomic mass is 10.1. The van der Waals surface area contributed by atoms with Crippen LogP contribution in [0.4, 0.5) is 4.79 Å². The molecule has 2 heterocycles. The smallest absolute Gasteiger partial charge is 0.289 e. The van der Waals surface area contributed by atoms with Gasteiger partial charge in [0.2, 0.25) is 5.91 Å². The van der Waals surface area contributed by atoms with Crippen LogP contribution >= 0.6 is 11.8 Å². The number of hydrogen-bond acceptors (Lipinski definition) is 4. The molecule has 0 N–H and O–H groups in total. The van der Waals surface area contributed by atoms with E-state index in [0.29, 0.717) is 13.2 Å². The molecule has 1 aliphatic heterocycles. The van der Waals surface area contributed by atoms with Crippen LogP contribution < -0.4 is 4.74 Å². The third kappa shape index (κ3) is 3.89. The van der Waals surface area contributed by atoms with Crippen molar-refractivity contribution in [2.75, 3.05) is 7.05 Å². The Kier molecular flexibility index (Phi) is 5.45. The number of imide groups is 1. The summed E-state index contributed by atoms with van der Waals surface area (Å²) in [5, 5.41) is 0.305. The Morgan fingerprint density at radius 2 is 1.59 bits per heavy atom. The second kappa shape index (κ2) is 8.55. The Hall–Kier alpha value is -3.51. The molecule has 5 nitrogen and oxygen atoms in total. The first-order valence-corrected chi connectivity index (χ1v) is 11.3. The van der Waals surface area contributed by atoms with Crippen LogP contribution in [0.1, 0.15) is 21.9 Å². The molecule has 0 radical (unpaired) electrons. The molecule has 0 aliphatic carbocycles. The summed E-state index contributed by atoms with van der Waals surface area (Å²) in [6.45, 7) is 1.20. The summed E-state index contributed by atoms with van der Waals surface area (Å²) in [5.41, 5.74) is 4.19. The van der Waals surface area contributed by atoms with E-state index in [1.807, 2.05) is 72.9 Å². The standard InChI is InChI=1S/C26H22N2O3S/c1-27-25(29)24(32-26(27)30)22-16-28(23-10-6-5-9-21(22)23)15-18-11-13-20(14-12-18)31-17-19-7-3-2-4-8-19/h2-14,16,24H,15,17H2,1H3. The predicted octanol–water partition coefficient (Wildman–Crippen LogP) is 5.63. The molecule has 160 valence electrons. The highest BCUT2D eigenvalue weighted by Crippen LogP contribution is 2.42. The van der Waals surface area contributed by atoms with Crippen molar-refractivity contribution in [3.05, 3.63) is 102 Å². The molecule has 1 aromatic heterocycles. The van der Waals surface area contributed by atoms with Gasteiger partial charge in [0.1, 0.15) is 17.6 Å². The molecule has 0 saturated carbocycles. The number of amides is 2. The van der Waals surface area contributed by atoms with Gasteiger partial charge in [-0.3, -0.25) is 14.5 Å². The number of rotatable bonds is 6. The van der Waals surface area contributed by atoms with Gasteiger partial charge in [-0.15, -0.1) is 0 Å². The molecule has 1 aliphatic rings. The van der Waals surface area contributed by atoms with Gasteiger partial charge >= 0.3 is 0 Å². The van der Waals surface area contributed by atoms with Crippen LogP contribution in [0.5, 0.6) is 5.75 Å². The average Bonchev–Trinajstić information content (AvgIpc) is 3.31. The number of carbonyl (C=O) groups is 2. The second-order valence-electron chi connectivity index (χ2n) is 7.81. The van der Waals surface area contributed by atoms with Gasteiger partial charge < -0.3 is 9.30 Å². The van der Waals surface area contributed by atoms with E-state index in [1.165, 1.54) is 11.9 Å². The lowest BCUT2D eigenvalue weighted by Crippen LogP contribution is -2.24. The number of aromatic nitrogens is 1. The first kappa shape index (κ1) is 20.4. The third-order valence-corrected chi connectivity index (χ3v) is 6.84. The Balaban J connectivity index is 1.36. The van der Waals surface area contributed by atoms with E-state index in [-0.39, 0.29) is 11.1 Å². The molecule has 32 heavy (non-hydrogen) atoms. The first-order valence-electron chi connectivity index (χ1n) is 10.4. The maximum atomic E-state index is 12.6. The minimum Gasteiger partial charge on any atom is -0.489 e. The number of carbonyl (C=O) groups excluding carboxylic acids is 2. The predicted molar refractivity (Wildman–Crippen MR) is 127 cm³/mol. The number of nitrogens with zero attached hydrogens (tertiary/aromatic N) is 2. The Morgan fingerprint density at radius 3 is 2.31 bits per heavy atom. The van der Waals surface area contributed by atoms with Gasteiger partial charge in [0.25, 0.3) is 5.24 Å². The van der Waals surface area contributed by atoms with Gasteiger partial charge in [0.15, 0.2) is 0 Å². The van der Waals surface area contributed by atoms with Crippen LogP contribution in [-0.4, -0.2) is 27.7 Å². The van der Waals surface area contributed by atoms with Gasteiger partial charge in [0, 0.05) is 36.3 Å². The van der Waals surface area contributed by atoms with Gasteiger partial charge in [-0.2, -0.15) is 0 Å². The molecular weight excluding hydrogens is 420 g/mol. The zero-order valence-corrected chi connectivity index (χ0v) is 18.4. The van der Waals surface area contributed by atoms with Crippen LogP contribution in [0, 0.1) is 0 Å². The van der Waals surface area contributed by atoms with E-state index in [9.17, 15) is 9.59 Å². The number of benzene rings is 3. The summed E-state index contributed by atoms with van der Waals surface area (Å²) in [4.78, 5) is 25.8. The minimum atomic E-state index is -0.493. The first-order chi connectivity index (χ1) is 15.6. The number of hydrogen-bond donors (Lipinski definition) is 0. The molecule has 0 bridgehead atoms. The van der Waals surface area contributed by atoms with Gasteiger partial charge in [-0.05, 0) is 41.1 Å². The van der Waals surface area contributed by atoms with Crippen LogP contribution in [0.3, 0.4) is 0 Å². The van der Waals surface area contributed by atoms with Crippen molar-refractivity contribution >= 4 is 33.8 Å². The summed E-state index contributed by atoms with van der Waals surface area (Å²) >= 11 is 1.08. The molecule has 5 rings (SSSR count). The Morgan fingerprint density at radius 1 is 0.875 bits per heavy atom. The van der Waals surface area contributed by atoms with E-state index in [4.69, 9.17) is 4.74 Å². The van der Waals surface area contributed by atoms with E-state index < -0.39 is 5.25 Å². The minimum absolute atomic E-state index is 0.164. The van der Waals surface area contributed by atoms with Crippen molar-refractivity contribution in [1.82, 2.24) is 9.47 Å². The van der Waals surface area contributed by atoms with Crippen molar-refractivity contribution in [2.24, 2.45) is 0 Å². The number of para-hydroxylation sites is 1. The molecule has 6 heteroatoms. The summed E-state index contributed by atoms with van der Waals surface area (Å²) in [6.07, 6.45) is 2.01. The lowest BCUT2D eigenvalue weighted by Gasteiger charge is -2.09. The Labute approximate surface area is 190 Å². The zero-order valence-electron chi connectivity index (χ0n) is 17.6. The maximum absolute atomic E-state index is 12.6. The highest BCUT2D eigenvalue weighted by molar-refractivity contribution is 8.15. The number of fused-ring (bicyclic) bond motifs is 1. The number of likely N-dealkylation sites (N-methyl/N-ethyl adjacent to an activating group) is 1. The normalized spacial score (nSPS) is 16.2. The number of ether oxygens (including phenoxy) is 1. The molecule has 1 atom stereocenters. The van der Waals surface area contributed by atoms with Crippen LogP contribution in [-0.2, 0) is 17.9 Å². The lowest BCUT2D eigenvalue weighted by molar-refractivity contribution is -0.125. The van der Waals surface area contributed by atoms with Gasteiger partial charge in [-0.1, -0.05) is 60.7 Å². The van der Waals surface area contributed by atoms with Crippen molar-refractivity contribution in [2.45, 2.75) is 18.4 Å². The van der Waals surface area contributed by atoms with Crippen molar-refractivity contribution in [3.63, 3.8) is 0 Å². The van der Waals surface area contributed by atoms with Crippen LogP contribution in [0.15, 0.2) is 85.1 Å². The van der Waals surface area contributed by atoms with Crippen molar-refractivity contribution in [3.8, 4) is 5.75 Å². The fourth-order valence-electron chi connectivity index (χ4n) is 3.94. The highest BCUT2D eigenvalue weighted by atomic mass is 32.2. The van der Waals surface area contributed by atoms with Crippen LogP contribution in [0.2, 0.25) is 0 Å². The van der Waals surface area contributed by atoms with Gasteiger partial charge in [0.05, 0.1) is 0 Å². The quantitative estimate of drug-likeness (QED) is 0.388. The molecule has 1 fully saturated rings. The molecule has 1 saturated heterocycles. The topological polar surface area (TPSA) is 51.5 Å². The van der Waals surface area contributed by atoms with Gasteiger partial charge in [-0.25, -0.2) is 0 Å². The van der Waals surface area contributed by atoms with Crippen molar-refractivity contribution < 1.29 is 14.3 Å². The summed E-state index contributed by atoms with van der Waals surface area (Å²) in [6, 6.07) is 26.2. The summed E-state index contributed by atoms with van der Waals surface area (Å²) < 4.78 is 8.03. The monoisotopic (exact) mass is 442 g/mol. The zero-order chi connectivity index (χ0) is 22.1. The largest absolute Gasteiger partial charge is 0.489 e. The van der Waals surface area contributed by atoms with Crippen LogP contribution in [0.25, 0.3) is 10.9 Å². The maximum Gasteiger partial charge on any atom is 0.289 e. The Bertz CT molecular complexity index is 1280. The SMILES string of the molecule is CN1C(=O)SC(c2cn(Cc3ccc(OCc4ccccc4)cc3)c3ccccc23)C1=O. The van der Waals surface area contributed by atoms with E-state index in [2.05, 4.69) is 16.7 Å². The molecule has 0 spiro atoms. The van der Waals surface area contributed by atoms with E-state index >= 15 is 0 Å². The number of thioether (sulfide) groups is 1. The average molecular weight is 443 g/mol. The molecule has 4 aromatic rings. The van der Waals surface area contributed by atoms with E-state index in [0.717, 1.165) is 45.1 Å². The molecular formula is C26H22N2O3S. The third-order valence-electron chi connectivity index (χ3n) is 5.67. The highest BCUT2D eigenvalue weighted by Gasteiger charge is 2.39. The summed E-state index contributed by atoms with van der Waals surface area (Å²) in [5.74, 6) is 0.660. The molecule has 3 aromatic carbocycles. The fourth-order valence-corrected chi connectivity index (χ4v) is 4.96. The second-order valence-corrected chi connectivity index (χ2v) is 8.87. The van der Waals surface area contributed by atoms with Crippen molar-refractivity contribution in [1.29, 1.82) is 0 Å². The van der Waals surface area contributed by atoms with E-state index in [1.54, 1.807) is 0 Å². The summed E-state index contributed by atoms with van der Waals surface area (Å²) in [7, 11) is 1.54.